The number of fused-ring (bicyclic) bond motifs is 2. The predicted molar refractivity (Wildman–Crippen MR) is 133 cm³/mol. The van der Waals surface area contributed by atoms with E-state index < -0.39 is 0 Å². The Bertz CT molecular complexity index is 1560. The Morgan fingerprint density at radius 1 is 0.583 bits per heavy atom. The standard InChI is InChI=1S/C28H15N7O/c29-12-26-31-14-18(15-32-26)20-6-5-7-21(19-16-33-27(13-30)34-17-19)28(20)35-22-8-1-3-10-24(22)36-25-11-4-2-9-23(25)35/h1-11,14-17H. The Labute approximate surface area is 206 Å². The third-order valence-electron chi connectivity index (χ3n) is 5.82. The zero-order chi connectivity index (χ0) is 24.5. The van der Waals surface area contributed by atoms with E-state index in [1.54, 1.807) is 24.8 Å². The topological polar surface area (TPSA) is 112 Å². The number of nitrogens with zero attached hydrogens (tertiary/aromatic N) is 7. The van der Waals surface area contributed by atoms with Crippen molar-refractivity contribution in [2.45, 2.75) is 0 Å². The minimum Gasteiger partial charge on any atom is -0.453 e. The first-order chi connectivity index (χ1) is 17.8. The third-order valence-corrected chi connectivity index (χ3v) is 5.82. The van der Waals surface area contributed by atoms with Crippen LogP contribution in [0.4, 0.5) is 17.1 Å². The fourth-order valence-corrected chi connectivity index (χ4v) is 4.25. The number of nitriles is 2. The lowest BCUT2D eigenvalue weighted by Crippen LogP contribution is -2.17. The van der Waals surface area contributed by atoms with Gasteiger partial charge in [0.15, 0.2) is 11.5 Å². The summed E-state index contributed by atoms with van der Waals surface area (Å²) in [4.78, 5) is 18.9. The Kier molecular flexibility index (Phi) is 5.03. The van der Waals surface area contributed by atoms with Crippen LogP contribution < -0.4 is 9.64 Å². The second-order valence-electron chi connectivity index (χ2n) is 7.89. The van der Waals surface area contributed by atoms with Gasteiger partial charge in [0.05, 0.1) is 17.1 Å². The van der Waals surface area contributed by atoms with E-state index in [2.05, 4.69) is 24.8 Å². The minimum atomic E-state index is 0.0963. The molecule has 0 saturated carbocycles. The summed E-state index contributed by atoms with van der Waals surface area (Å²) < 4.78 is 6.22. The Morgan fingerprint density at radius 3 is 1.47 bits per heavy atom. The predicted octanol–water partition coefficient (Wildman–Crippen LogP) is 5.92. The van der Waals surface area contributed by atoms with Gasteiger partial charge in [0.1, 0.15) is 12.1 Å². The largest absolute Gasteiger partial charge is 0.453 e. The lowest BCUT2D eigenvalue weighted by atomic mass is 9.96. The van der Waals surface area contributed by atoms with Gasteiger partial charge in [-0.25, -0.2) is 19.9 Å². The molecule has 168 valence electrons. The van der Waals surface area contributed by atoms with E-state index >= 15 is 0 Å². The maximum Gasteiger partial charge on any atom is 0.232 e. The van der Waals surface area contributed by atoms with Crippen LogP contribution in [0.2, 0.25) is 0 Å². The van der Waals surface area contributed by atoms with Gasteiger partial charge in [0.25, 0.3) is 0 Å². The van der Waals surface area contributed by atoms with E-state index in [0.29, 0.717) is 11.5 Å². The van der Waals surface area contributed by atoms with Crippen LogP contribution in [0, 0.1) is 22.7 Å². The fraction of sp³-hybridized carbons (Fsp3) is 0. The SMILES string of the molecule is N#Cc1ncc(-c2cccc(-c3cnc(C#N)nc3)c2N2c3ccccc3Oc3ccccc32)cn1. The molecule has 0 aliphatic carbocycles. The molecular formula is C28H15N7O. The lowest BCUT2D eigenvalue weighted by molar-refractivity contribution is 0.477. The van der Waals surface area contributed by atoms with Crippen molar-refractivity contribution in [2.75, 3.05) is 4.90 Å². The highest BCUT2D eigenvalue weighted by atomic mass is 16.5. The second kappa shape index (κ2) is 8.64. The van der Waals surface area contributed by atoms with Crippen LogP contribution in [0.3, 0.4) is 0 Å². The first-order valence-electron chi connectivity index (χ1n) is 11.0. The van der Waals surface area contributed by atoms with Crippen molar-refractivity contribution in [3.63, 3.8) is 0 Å². The average Bonchev–Trinajstić information content (AvgIpc) is 2.95. The molecule has 0 unspecified atom stereocenters. The summed E-state index contributed by atoms with van der Waals surface area (Å²) in [6.45, 7) is 0. The van der Waals surface area contributed by atoms with Crippen molar-refractivity contribution in [2.24, 2.45) is 0 Å². The summed E-state index contributed by atoms with van der Waals surface area (Å²) in [5.74, 6) is 1.62. The van der Waals surface area contributed by atoms with Crippen LogP contribution in [0.15, 0.2) is 91.5 Å². The van der Waals surface area contributed by atoms with E-state index in [1.165, 1.54) is 0 Å². The second-order valence-corrected chi connectivity index (χ2v) is 7.89. The average molecular weight is 465 g/mol. The highest BCUT2D eigenvalue weighted by Gasteiger charge is 2.29. The van der Waals surface area contributed by atoms with Crippen LogP contribution in [0.1, 0.15) is 11.6 Å². The quantitative estimate of drug-likeness (QED) is 0.317. The van der Waals surface area contributed by atoms with Crippen molar-refractivity contribution in [3.05, 3.63) is 103 Å². The van der Waals surface area contributed by atoms with E-state index in [9.17, 15) is 10.5 Å². The summed E-state index contributed by atoms with van der Waals surface area (Å²) in [6, 6.07) is 25.5. The molecule has 1 aliphatic rings. The van der Waals surface area contributed by atoms with Gasteiger partial charge in [-0.15, -0.1) is 0 Å². The molecule has 0 saturated heterocycles. The first kappa shape index (κ1) is 21.0. The zero-order valence-electron chi connectivity index (χ0n) is 18.7. The number of anilines is 3. The van der Waals surface area contributed by atoms with Gasteiger partial charge < -0.3 is 9.64 Å². The molecule has 0 atom stereocenters. The Hall–Kier alpha value is -5.60. The molecule has 0 amide bonds. The van der Waals surface area contributed by atoms with E-state index in [-0.39, 0.29) is 11.6 Å². The van der Waals surface area contributed by atoms with Crippen LogP contribution >= 0.6 is 0 Å². The molecule has 8 nitrogen and oxygen atoms in total. The minimum absolute atomic E-state index is 0.0963. The summed E-state index contributed by atoms with van der Waals surface area (Å²) in [5, 5.41) is 18.4. The number of para-hydroxylation sites is 5. The third kappa shape index (κ3) is 3.47. The highest BCUT2D eigenvalue weighted by Crippen LogP contribution is 2.54. The van der Waals surface area contributed by atoms with Gasteiger partial charge in [0, 0.05) is 47.0 Å². The normalized spacial score (nSPS) is 11.4. The molecule has 3 heterocycles. The van der Waals surface area contributed by atoms with Gasteiger partial charge in [-0.05, 0) is 24.3 Å². The van der Waals surface area contributed by atoms with Crippen molar-refractivity contribution < 1.29 is 4.74 Å². The van der Waals surface area contributed by atoms with Crippen molar-refractivity contribution >= 4 is 17.1 Å². The number of hydrogen-bond donors (Lipinski definition) is 0. The molecule has 5 aromatic rings. The van der Waals surface area contributed by atoms with E-state index in [0.717, 1.165) is 39.3 Å². The highest BCUT2D eigenvalue weighted by molar-refractivity contribution is 5.99. The molecule has 0 spiro atoms. The summed E-state index contributed by atoms with van der Waals surface area (Å²) in [7, 11) is 0. The van der Waals surface area contributed by atoms with Crippen LogP contribution in [-0.4, -0.2) is 19.9 Å². The monoisotopic (exact) mass is 465 g/mol. The summed E-state index contributed by atoms with van der Waals surface area (Å²) in [6.07, 6.45) is 6.56. The molecule has 3 aromatic carbocycles. The maximum atomic E-state index is 9.18. The molecule has 8 heteroatoms. The number of rotatable bonds is 3. The molecule has 0 fully saturated rings. The maximum absolute atomic E-state index is 9.18. The van der Waals surface area contributed by atoms with Gasteiger partial charge in [-0.1, -0.05) is 42.5 Å². The van der Waals surface area contributed by atoms with Gasteiger partial charge in [0.2, 0.25) is 11.6 Å². The summed E-state index contributed by atoms with van der Waals surface area (Å²) in [5.41, 5.74) is 5.70. The van der Waals surface area contributed by atoms with Crippen molar-refractivity contribution in [3.8, 4) is 45.9 Å². The smallest absolute Gasteiger partial charge is 0.232 e. The lowest BCUT2D eigenvalue weighted by Gasteiger charge is -2.35. The number of ether oxygens (including phenoxy) is 1. The molecule has 0 N–H and O–H groups in total. The van der Waals surface area contributed by atoms with E-state index in [1.807, 2.05) is 78.9 Å². The van der Waals surface area contributed by atoms with Crippen LogP contribution in [-0.2, 0) is 0 Å². The van der Waals surface area contributed by atoms with Crippen LogP contribution in [0.25, 0.3) is 22.3 Å². The molecule has 0 bridgehead atoms. The molecular weight excluding hydrogens is 450 g/mol. The fourth-order valence-electron chi connectivity index (χ4n) is 4.25. The Balaban J connectivity index is 1.67. The number of benzene rings is 3. The number of hydrogen-bond acceptors (Lipinski definition) is 8. The van der Waals surface area contributed by atoms with E-state index in [4.69, 9.17) is 4.74 Å². The van der Waals surface area contributed by atoms with Crippen LogP contribution in [0.5, 0.6) is 11.5 Å². The molecule has 6 rings (SSSR count). The Morgan fingerprint density at radius 2 is 1.03 bits per heavy atom. The first-order valence-corrected chi connectivity index (χ1v) is 11.0. The van der Waals surface area contributed by atoms with Gasteiger partial charge in [-0.3, -0.25) is 0 Å². The number of aromatic nitrogens is 4. The van der Waals surface area contributed by atoms with Crippen molar-refractivity contribution in [1.29, 1.82) is 10.5 Å². The van der Waals surface area contributed by atoms with Gasteiger partial charge >= 0.3 is 0 Å². The molecule has 2 aromatic heterocycles. The molecule has 1 aliphatic heterocycles. The zero-order valence-corrected chi connectivity index (χ0v) is 18.7. The molecule has 36 heavy (non-hydrogen) atoms. The van der Waals surface area contributed by atoms with Crippen molar-refractivity contribution in [1.82, 2.24) is 19.9 Å². The summed E-state index contributed by atoms with van der Waals surface area (Å²) >= 11 is 0. The van der Waals surface area contributed by atoms with Gasteiger partial charge in [-0.2, -0.15) is 10.5 Å². The molecule has 0 radical (unpaired) electrons.